The van der Waals surface area contributed by atoms with E-state index >= 15 is 0 Å². The van der Waals surface area contributed by atoms with Crippen LogP contribution in [0.1, 0.15) is 56.9 Å². The molecule has 0 radical (unpaired) electrons. The van der Waals surface area contributed by atoms with E-state index in [4.69, 9.17) is 5.73 Å². The first-order valence-electron chi connectivity index (χ1n) is 6.88. The van der Waals surface area contributed by atoms with Gasteiger partial charge in [-0.15, -0.1) is 0 Å². The third kappa shape index (κ3) is 2.40. The molecule has 3 N–H and O–H groups in total. The Bertz CT molecular complexity index is 512. The maximum atomic E-state index is 5.86. The van der Waals surface area contributed by atoms with Gasteiger partial charge in [0.2, 0.25) is 0 Å². The van der Waals surface area contributed by atoms with Crippen LogP contribution in [0.2, 0.25) is 0 Å². The lowest BCUT2D eigenvalue weighted by Crippen LogP contribution is -2.27. The normalized spacial score (nSPS) is 13.5. The van der Waals surface area contributed by atoms with Crippen molar-refractivity contribution in [1.29, 1.82) is 0 Å². The summed E-state index contributed by atoms with van der Waals surface area (Å²) in [6.07, 6.45) is 1.92. The van der Waals surface area contributed by atoms with Gasteiger partial charge < -0.3 is 5.73 Å². The van der Waals surface area contributed by atoms with Crippen molar-refractivity contribution in [3.8, 4) is 0 Å². The van der Waals surface area contributed by atoms with Crippen LogP contribution in [0.25, 0.3) is 0 Å². The number of nitrogens with zero attached hydrogens (tertiary/aromatic N) is 2. The van der Waals surface area contributed by atoms with Crippen molar-refractivity contribution in [1.82, 2.24) is 15.2 Å². The molecule has 0 aliphatic heterocycles. The molecule has 4 heteroatoms. The topological polar surface area (TPSA) is 67.6 Å². The molecule has 102 valence electrons. The molecule has 2 aromatic rings. The highest BCUT2D eigenvalue weighted by Gasteiger charge is 2.34. The van der Waals surface area contributed by atoms with Gasteiger partial charge in [-0.3, -0.25) is 5.10 Å². The van der Waals surface area contributed by atoms with Crippen LogP contribution in [0, 0.1) is 0 Å². The van der Waals surface area contributed by atoms with E-state index < -0.39 is 0 Å². The molecule has 1 unspecified atom stereocenters. The fourth-order valence-corrected chi connectivity index (χ4v) is 2.55. The van der Waals surface area contributed by atoms with E-state index in [1.54, 1.807) is 0 Å². The molecule has 0 saturated carbocycles. The Morgan fingerprint density at radius 3 is 2.32 bits per heavy atom. The molecule has 0 spiro atoms. The molecule has 1 aromatic carbocycles. The van der Waals surface area contributed by atoms with Crippen molar-refractivity contribution >= 4 is 0 Å². The van der Waals surface area contributed by atoms with E-state index in [1.165, 1.54) is 5.56 Å². The number of benzene rings is 1. The number of aromatic amines is 1. The lowest BCUT2D eigenvalue weighted by Gasteiger charge is -2.29. The predicted molar refractivity (Wildman–Crippen MR) is 76.8 cm³/mol. The molecule has 0 aliphatic rings. The fraction of sp³-hybridized carbons (Fsp3) is 0.467. The van der Waals surface area contributed by atoms with Crippen molar-refractivity contribution in [2.45, 2.75) is 45.1 Å². The second-order valence-electron chi connectivity index (χ2n) is 4.99. The summed E-state index contributed by atoms with van der Waals surface area (Å²) in [5.41, 5.74) is 6.98. The standard InChI is InChI=1S/C15H22N4/c1-4-15(5-2,12-9-7-6-8-10-12)14-17-13(11(3)16)18-19-14/h6-11H,4-5,16H2,1-3H3,(H,17,18,19). The number of rotatable bonds is 5. The van der Waals surface area contributed by atoms with E-state index in [0.717, 1.165) is 24.5 Å². The minimum atomic E-state index is -0.134. The molecule has 0 fully saturated rings. The van der Waals surface area contributed by atoms with Gasteiger partial charge in [-0.2, -0.15) is 5.10 Å². The van der Waals surface area contributed by atoms with E-state index in [9.17, 15) is 0 Å². The Morgan fingerprint density at radius 2 is 1.84 bits per heavy atom. The van der Waals surface area contributed by atoms with Crippen molar-refractivity contribution in [2.24, 2.45) is 5.73 Å². The van der Waals surface area contributed by atoms with Crippen LogP contribution in [0.3, 0.4) is 0 Å². The van der Waals surface area contributed by atoms with Crippen molar-refractivity contribution in [3.05, 3.63) is 47.5 Å². The number of hydrogen-bond acceptors (Lipinski definition) is 3. The van der Waals surface area contributed by atoms with Gasteiger partial charge in [0.15, 0.2) is 5.82 Å². The summed E-state index contributed by atoms with van der Waals surface area (Å²) >= 11 is 0. The number of nitrogens with one attached hydrogen (secondary N) is 1. The van der Waals surface area contributed by atoms with Crippen LogP contribution in [0.4, 0.5) is 0 Å². The molecule has 1 atom stereocenters. The molecule has 0 amide bonds. The van der Waals surface area contributed by atoms with E-state index in [2.05, 4.69) is 53.3 Å². The zero-order chi connectivity index (χ0) is 13.9. The Kier molecular flexibility index (Phi) is 4.00. The highest BCUT2D eigenvalue weighted by Crippen LogP contribution is 2.36. The molecule has 4 nitrogen and oxygen atoms in total. The second-order valence-corrected chi connectivity index (χ2v) is 4.99. The summed E-state index contributed by atoms with van der Waals surface area (Å²) in [6.45, 7) is 6.27. The maximum Gasteiger partial charge on any atom is 0.161 e. The van der Waals surface area contributed by atoms with E-state index in [-0.39, 0.29) is 11.5 Å². The summed E-state index contributed by atoms with van der Waals surface area (Å²) in [5.74, 6) is 1.59. The van der Waals surface area contributed by atoms with Crippen LogP contribution in [-0.4, -0.2) is 15.2 Å². The van der Waals surface area contributed by atoms with Crippen molar-refractivity contribution in [3.63, 3.8) is 0 Å². The van der Waals surface area contributed by atoms with Gasteiger partial charge >= 0.3 is 0 Å². The zero-order valence-corrected chi connectivity index (χ0v) is 11.9. The van der Waals surface area contributed by atoms with Gasteiger partial charge in [-0.1, -0.05) is 44.2 Å². The lowest BCUT2D eigenvalue weighted by atomic mass is 9.75. The van der Waals surface area contributed by atoms with E-state index in [0.29, 0.717) is 0 Å². The minimum Gasteiger partial charge on any atom is -0.322 e. The van der Waals surface area contributed by atoms with Crippen LogP contribution < -0.4 is 5.73 Å². The average molecular weight is 258 g/mol. The lowest BCUT2D eigenvalue weighted by molar-refractivity contribution is 0.450. The molecule has 0 aliphatic carbocycles. The summed E-state index contributed by atoms with van der Waals surface area (Å²) in [4.78, 5) is 4.61. The first-order valence-corrected chi connectivity index (χ1v) is 6.88. The third-order valence-corrected chi connectivity index (χ3v) is 3.90. The third-order valence-electron chi connectivity index (χ3n) is 3.90. The Labute approximate surface area is 114 Å². The number of aromatic nitrogens is 3. The van der Waals surface area contributed by atoms with Crippen molar-refractivity contribution in [2.75, 3.05) is 0 Å². The van der Waals surface area contributed by atoms with E-state index in [1.807, 2.05) is 13.0 Å². The van der Waals surface area contributed by atoms with Gasteiger partial charge in [-0.05, 0) is 25.3 Å². The average Bonchev–Trinajstić information content (AvgIpc) is 2.93. The van der Waals surface area contributed by atoms with Crippen LogP contribution >= 0.6 is 0 Å². The Hall–Kier alpha value is -1.68. The molecule has 0 saturated heterocycles. The first kappa shape index (κ1) is 13.7. The second kappa shape index (κ2) is 5.53. The largest absolute Gasteiger partial charge is 0.322 e. The van der Waals surface area contributed by atoms with Crippen molar-refractivity contribution < 1.29 is 0 Å². The molecule has 19 heavy (non-hydrogen) atoms. The summed E-state index contributed by atoms with van der Waals surface area (Å²) in [6, 6.07) is 10.3. The van der Waals surface area contributed by atoms with Gasteiger partial charge in [0.05, 0.1) is 11.5 Å². The van der Waals surface area contributed by atoms with Crippen LogP contribution in [0.5, 0.6) is 0 Å². The van der Waals surface area contributed by atoms with Gasteiger partial charge in [0.1, 0.15) is 5.82 Å². The quantitative estimate of drug-likeness (QED) is 0.866. The number of H-pyrrole nitrogens is 1. The van der Waals surface area contributed by atoms with Crippen LogP contribution in [0.15, 0.2) is 30.3 Å². The highest BCUT2D eigenvalue weighted by molar-refractivity contribution is 5.32. The summed E-state index contributed by atoms with van der Waals surface area (Å²) < 4.78 is 0. The molecular weight excluding hydrogens is 236 g/mol. The fourth-order valence-electron chi connectivity index (χ4n) is 2.55. The predicted octanol–water partition coefficient (Wildman–Crippen LogP) is 2.93. The number of nitrogens with two attached hydrogens (primary N) is 1. The van der Waals surface area contributed by atoms with Gasteiger partial charge in [-0.25, -0.2) is 4.98 Å². The Balaban J connectivity index is 2.49. The van der Waals surface area contributed by atoms with Gasteiger partial charge in [0, 0.05) is 0 Å². The SMILES string of the molecule is CCC(CC)(c1ccccc1)c1n[nH]c(C(C)N)n1. The minimum absolute atomic E-state index is 0.122. The highest BCUT2D eigenvalue weighted by atomic mass is 15.2. The maximum absolute atomic E-state index is 5.86. The molecule has 1 aromatic heterocycles. The smallest absolute Gasteiger partial charge is 0.161 e. The summed E-state index contributed by atoms with van der Waals surface area (Å²) in [7, 11) is 0. The Morgan fingerprint density at radius 1 is 1.21 bits per heavy atom. The molecular formula is C15H22N4. The van der Waals surface area contributed by atoms with Crippen LogP contribution in [-0.2, 0) is 5.41 Å². The first-order chi connectivity index (χ1) is 9.14. The molecule has 2 rings (SSSR count). The summed E-state index contributed by atoms with van der Waals surface area (Å²) in [5, 5.41) is 7.37. The molecule has 1 heterocycles. The molecule has 0 bridgehead atoms. The monoisotopic (exact) mass is 258 g/mol. The zero-order valence-electron chi connectivity index (χ0n) is 11.9. The van der Waals surface area contributed by atoms with Gasteiger partial charge in [0.25, 0.3) is 0 Å². The number of hydrogen-bond donors (Lipinski definition) is 2.